The number of hydrogen-bond donors (Lipinski definition) is 3. The molecule has 0 bridgehead atoms. The zero-order valence-corrected chi connectivity index (χ0v) is 13.4. The van der Waals surface area contributed by atoms with E-state index in [-0.39, 0.29) is 18.6 Å². The highest BCUT2D eigenvalue weighted by atomic mass is 35.5. The maximum atomic E-state index is 12.4. The highest BCUT2D eigenvalue weighted by Crippen LogP contribution is 2.29. The molecular weight excluding hydrogens is 300 g/mol. The van der Waals surface area contributed by atoms with E-state index < -0.39 is 0 Å². The van der Waals surface area contributed by atoms with E-state index in [1.54, 1.807) is 6.07 Å². The normalized spacial score (nSPS) is 25.3. The minimum Gasteiger partial charge on any atom is -0.396 e. The van der Waals surface area contributed by atoms with Gasteiger partial charge in [-0.05, 0) is 55.4 Å². The number of rotatable bonds is 3. The second kappa shape index (κ2) is 6.31. The third-order valence-corrected chi connectivity index (χ3v) is 4.92. The molecule has 0 aliphatic heterocycles. The first-order valence-corrected chi connectivity index (χ1v) is 8.14. The van der Waals surface area contributed by atoms with Gasteiger partial charge in [-0.1, -0.05) is 18.5 Å². The monoisotopic (exact) mass is 320 g/mol. The summed E-state index contributed by atoms with van der Waals surface area (Å²) in [5.74, 6) is 0.679. The minimum atomic E-state index is -0.0772. The van der Waals surface area contributed by atoms with Gasteiger partial charge in [-0.3, -0.25) is 4.79 Å². The molecule has 1 saturated carbocycles. The zero-order chi connectivity index (χ0) is 15.7. The average molecular weight is 321 g/mol. The van der Waals surface area contributed by atoms with Crippen LogP contribution in [-0.2, 0) is 0 Å². The van der Waals surface area contributed by atoms with Gasteiger partial charge in [0.1, 0.15) is 5.69 Å². The molecule has 3 N–H and O–H groups in total. The molecule has 1 heterocycles. The van der Waals surface area contributed by atoms with Crippen molar-refractivity contribution in [3.8, 4) is 0 Å². The predicted molar refractivity (Wildman–Crippen MR) is 88.2 cm³/mol. The van der Waals surface area contributed by atoms with Crippen LogP contribution in [0.4, 0.5) is 0 Å². The lowest BCUT2D eigenvalue weighted by molar-refractivity contribution is 0.0871. The van der Waals surface area contributed by atoms with Gasteiger partial charge in [0.05, 0.1) is 0 Å². The quantitative estimate of drug-likeness (QED) is 0.812. The third-order valence-electron chi connectivity index (χ3n) is 4.68. The van der Waals surface area contributed by atoms with Crippen LogP contribution >= 0.6 is 11.6 Å². The number of aliphatic hydroxyl groups is 1. The molecule has 0 spiro atoms. The minimum absolute atomic E-state index is 0.0772. The molecule has 3 atom stereocenters. The maximum absolute atomic E-state index is 12.4. The number of nitrogens with one attached hydrogen (secondary N) is 2. The molecule has 4 nitrogen and oxygen atoms in total. The summed E-state index contributed by atoms with van der Waals surface area (Å²) in [6.45, 7) is 2.38. The van der Waals surface area contributed by atoms with Gasteiger partial charge in [-0.25, -0.2) is 0 Å². The van der Waals surface area contributed by atoms with Crippen molar-refractivity contribution in [3.05, 3.63) is 35.0 Å². The highest BCUT2D eigenvalue weighted by Gasteiger charge is 2.28. The Balaban J connectivity index is 1.70. The van der Waals surface area contributed by atoms with E-state index >= 15 is 0 Å². The number of aromatic amines is 1. The number of benzene rings is 1. The van der Waals surface area contributed by atoms with Gasteiger partial charge in [0.2, 0.25) is 0 Å². The predicted octanol–water partition coefficient (Wildman–Crippen LogP) is 3.35. The molecule has 22 heavy (non-hydrogen) atoms. The molecule has 118 valence electrons. The molecule has 5 heteroatoms. The van der Waals surface area contributed by atoms with E-state index in [4.69, 9.17) is 11.6 Å². The molecule has 1 fully saturated rings. The summed E-state index contributed by atoms with van der Waals surface area (Å²) in [4.78, 5) is 15.6. The number of aromatic nitrogens is 1. The SMILES string of the molecule is C[C@@H]1C[C@@H](CO)CC[C@H]1NC(=O)c1cc2cc(Cl)ccc2[nH]1. The summed E-state index contributed by atoms with van der Waals surface area (Å²) >= 11 is 5.97. The lowest BCUT2D eigenvalue weighted by Gasteiger charge is -2.33. The van der Waals surface area contributed by atoms with E-state index in [1.807, 2.05) is 18.2 Å². The first kappa shape index (κ1) is 15.4. The van der Waals surface area contributed by atoms with Gasteiger partial charge in [-0.2, -0.15) is 0 Å². The van der Waals surface area contributed by atoms with E-state index in [2.05, 4.69) is 17.2 Å². The first-order chi connectivity index (χ1) is 10.6. The van der Waals surface area contributed by atoms with Crippen molar-refractivity contribution in [2.75, 3.05) is 6.61 Å². The van der Waals surface area contributed by atoms with Crippen LogP contribution in [0.2, 0.25) is 5.02 Å². The zero-order valence-electron chi connectivity index (χ0n) is 12.6. The average Bonchev–Trinajstić information content (AvgIpc) is 2.92. The largest absolute Gasteiger partial charge is 0.396 e. The fraction of sp³-hybridized carbons (Fsp3) is 0.471. The molecule has 1 amide bonds. The van der Waals surface area contributed by atoms with Crippen molar-refractivity contribution < 1.29 is 9.90 Å². The topological polar surface area (TPSA) is 65.1 Å². The lowest BCUT2D eigenvalue weighted by atomic mass is 9.79. The van der Waals surface area contributed by atoms with Crippen LogP contribution in [0.3, 0.4) is 0 Å². The van der Waals surface area contributed by atoms with E-state index in [0.29, 0.717) is 22.6 Å². The van der Waals surface area contributed by atoms with Crippen LogP contribution in [0.15, 0.2) is 24.3 Å². The van der Waals surface area contributed by atoms with Crippen molar-refractivity contribution in [2.45, 2.75) is 32.2 Å². The molecule has 1 aromatic heterocycles. The van der Waals surface area contributed by atoms with Gasteiger partial charge < -0.3 is 15.4 Å². The van der Waals surface area contributed by atoms with Crippen LogP contribution in [0.5, 0.6) is 0 Å². The Hall–Kier alpha value is -1.52. The molecule has 1 aliphatic carbocycles. The molecule has 1 aromatic carbocycles. The molecule has 3 rings (SSSR count). The molecular formula is C17H21ClN2O2. The smallest absolute Gasteiger partial charge is 0.267 e. The summed E-state index contributed by atoms with van der Waals surface area (Å²) in [7, 11) is 0. The van der Waals surface area contributed by atoms with Crippen LogP contribution in [0, 0.1) is 11.8 Å². The summed E-state index contributed by atoms with van der Waals surface area (Å²) < 4.78 is 0. The molecule has 0 radical (unpaired) electrons. The molecule has 0 unspecified atom stereocenters. The molecule has 1 aliphatic rings. The van der Waals surface area contributed by atoms with E-state index in [1.165, 1.54) is 0 Å². The summed E-state index contributed by atoms with van der Waals surface area (Å²) in [5.41, 5.74) is 1.47. The Bertz CT molecular complexity index is 682. The van der Waals surface area contributed by atoms with Gasteiger partial charge in [-0.15, -0.1) is 0 Å². The standard InChI is InChI=1S/C17H21ClN2O2/c1-10-6-11(9-21)2-4-14(10)20-17(22)16-8-12-7-13(18)3-5-15(12)19-16/h3,5,7-8,10-11,14,19,21H,2,4,6,9H2,1H3,(H,20,22)/t10-,11+,14-/m1/s1. The highest BCUT2D eigenvalue weighted by molar-refractivity contribution is 6.31. The van der Waals surface area contributed by atoms with E-state index in [0.717, 1.165) is 30.2 Å². The van der Waals surface area contributed by atoms with Crippen molar-refractivity contribution in [1.82, 2.24) is 10.3 Å². The van der Waals surface area contributed by atoms with Crippen molar-refractivity contribution in [2.24, 2.45) is 11.8 Å². The third kappa shape index (κ3) is 3.13. The Labute approximate surface area is 134 Å². The van der Waals surface area contributed by atoms with Crippen LogP contribution in [0.1, 0.15) is 36.7 Å². The van der Waals surface area contributed by atoms with Gasteiger partial charge >= 0.3 is 0 Å². The Morgan fingerprint density at radius 1 is 1.41 bits per heavy atom. The van der Waals surface area contributed by atoms with Crippen molar-refractivity contribution in [1.29, 1.82) is 0 Å². The second-order valence-electron chi connectivity index (χ2n) is 6.33. The van der Waals surface area contributed by atoms with Crippen molar-refractivity contribution >= 4 is 28.4 Å². The number of fused-ring (bicyclic) bond motifs is 1. The Morgan fingerprint density at radius 3 is 2.95 bits per heavy atom. The number of carbonyl (C=O) groups excluding carboxylic acids is 1. The fourth-order valence-corrected chi connectivity index (χ4v) is 3.54. The number of amides is 1. The number of aliphatic hydroxyl groups excluding tert-OH is 1. The number of carbonyl (C=O) groups is 1. The number of H-pyrrole nitrogens is 1. The van der Waals surface area contributed by atoms with E-state index in [9.17, 15) is 9.90 Å². The Morgan fingerprint density at radius 2 is 2.23 bits per heavy atom. The second-order valence-corrected chi connectivity index (χ2v) is 6.77. The van der Waals surface area contributed by atoms with Crippen LogP contribution in [0.25, 0.3) is 10.9 Å². The van der Waals surface area contributed by atoms with Crippen LogP contribution in [-0.4, -0.2) is 28.6 Å². The molecule has 0 saturated heterocycles. The Kier molecular flexibility index (Phi) is 4.41. The lowest BCUT2D eigenvalue weighted by Crippen LogP contribution is -2.43. The first-order valence-electron chi connectivity index (χ1n) is 7.77. The van der Waals surface area contributed by atoms with Gasteiger partial charge in [0.25, 0.3) is 5.91 Å². The maximum Gasteiger partial charge on any atom is 0.267 e. The number of halogens is 1. The summed E-state index contributed by atoms with van der Waals surface area (Å²) in [6.07, 6.45) is 2.85. The number of hydrogen-bond acceptors (Lipinski definition) is 2. The van der Waals surface area contributed by atoms with Gasteiger partial charge in [0, 0.05) is 28.6 Å². The van der Waals surface area contributed by atoms with Crippen molar-refractivity contribution in [3.63, 3.8) is 0 Å². The summed E-state index contributed by atoms with van der Waals surface area (Å²) in [5, 5.41) is 14.0. The summed E-state index contributed by atoms with van der Waals surface area (Å²) in [6, 6.07) is 7.54. The fourth-order valence-electron chi connectivity index (χ4n) is 3.36. The van der Waals surface area contributed by atoms with Gasteiger partial charge in [0.15, 0.2) is 0 Å². The molecule has 2 aromatic rings. The van der Waals surface area contributed by atoms with Crippen LogP contribution < -0.4 is 5.32 Å².